The van der Waals surface area contributed by atoms with Crippen molar-refractivity contribution in [3.8, 4) is 6.07 Å². The minimum absolute atomic E-state index is 0.00264. The van der Waals surface area contributed by atoms with Crippen LogP contribution in [0, 0.1) is 18.3 Å². The van der Waals surface area contributed by atoms with Gasteiger partial charge in [-0.3, -0.25) is 4.79 Å². The number of amides is 1. The Morgan fingerprint density at radius 2 is 2.32 bits per heavy atom. The molecule has 1 heterocycles. The molecule has 1 amide bonds. The topological polar surface area (TPSA) is 56.1 Å². The van der Waals surface area contributed by atoms with Gasteiger partial charge in [0, 0.05) is 11.7 Å². The summed E-state index contributed by atoms with van der Waals surface area (Å²) < 4.78 is 0. The van der Waals surface area contributed by atoms with Crippen LogP contribution < -0.4 is 10.2 Å². The Labute approximate surface area is 114 Å². The average Bonchev–Trinajstić information content (AvgIpc) is 2.50. The van der Waals surface area contributed by atoms with Crippen molar-refractivity contribution in [3.05, 3.63) is 29.8 Å². The third kappa shape index (κ3) is 2.94. The molecule has 1 aromatic carbocycles. The zero-order chi connectivity index (χ0) is 13.8. The smallest absolute Gasteiger partial charge is 0.245 e. The van der Waals surface area contributed by atoms with E-state index in [1.165, 1.54) is 0 Å². The molecule has 4 nitrogen and oxygen atoms in total. The van der Waals surface area contributed by atoms with Gasteiger partial charge in [0.25, 0.3) is 0 Å². The average molecular weight is 257 g/mol. The largest absolute Gasteiger partial charge is 0.308 e. The number of hydrogen-bond donors (Lipinski definition) is 1. The molecule has 1 aromatic rings. The number of anilines is 1. The maximum atomic E-state index is 12.6. The van der Waals surface area contributed by atoms with E-state index >= 15 is 0 Å². The van der Waals surface area contributed by atoms with Crippen molar-refractivity contribution in [3.63, 3.8) is 0 Å². The molecule has 4 heteroatoms. The van der Waals surface area contributed by atoms with Gasteiger partial charge in [-0.1, -0.05) is 12.1 Å². The second kappa shape index (κ2) is 5.85. The minimum Gasteiger partial charge on any atom is -0.308 e. The summed E-state index contributed by atoms with van der Waals surface area (Å²) in [6.45, 7) is 4.83. The number of rotatable bonds is 2. The molecule has 2 unspecified atom stereocenters. The van der Waals surface area contributed by atoms with Crippen molar-refractivity contribution in [1.29, 1.82) is 5.26 Å². The van der Waals surface area contributed by atoms with Crippen LogP contribution in [0.4, 0.5) is 5.69 Å². The van der Waals surface area contributed by atoms with E-state index in [0.717, 1.165) is 24.2 Å². The molecule has 1 aliphatic heterocycles. The van der Waals surface area contributed by atoms with Gasteiger partial charge in [-0.05, 0) is 44.5 Å². The van der Waals surface area contributed by atoms with Crippen LogP contribution in [0.5, 0.6) is 0 Å². The molecule has 19 heavy (non-hydrogen) atoms. The second-order valence-electron chi connectivity index (χ2n) is 5.05. The molecule has 0 saturated carbocycles. The molecule has 0 aliphatic carbocycles. The Balaban J connectivity index is 2.34. The molecule has 2 rings (SSSR count). The van der Waals surface area contributed by atoms with Crippen molar-refractivity contribution in [2.45, 2.75) is 38.8 Å². The fraction of sp³-hybridized carbons (Fsp3) is 0.467. The number of carbonyl (C=O) groups excluding carboxylic acids is 1. The molecule has 2 atom stereocenters. The first-order valence-electron chi connectivity index (χ1n) is 6.63. The van der Waals surface area contributed by atoms with E-state index in [1.807, 2.05) is 36.1 Å². The zero-order valence-electron chi connectivity index (χ0n) is 11.4. The van der Waals surface area contributed by atoms with Gasteiger partial charge < -0.3 is 10.2 Å². The standard InChI is InChI=1S/C15H19N3O/c1-11-4-3-5-13(10-11)18-12(2)7-9-17-14(6-8-16)15(18)19/h3-5,10,12,14,17H,6-7,9H2,1-2H3. The molecule has 1 aliphatic rings. The van der Waals surface area contributed by atoms with Gasteiger partial charge in [0.2, 0.25) is 5.91 Å². The SMILES string of the molecule is Cc1cccc(N2C(=O)C(CC#N)NCCC2C)c1. The van der Waals surface area contributed by atoms with E-state index < -0.39 is 6.04 Å². The van der Waals surface area contributed by atoms with Crippen LogP contribution in [0.3, 0.4) is 0 Å². The number of nitrogens with zero attached hydrogens (tertiary/aromatic N) is 2. The summed E-state index contributed by atoms with van der Waals surface area (Å²) in [7, 11) is 0. The summed E-state index contributed by atoms with van der Waals surface area (Å²) >= 11 is 0. The molecule has 0 radical (unpaired) electrons. The van der Waals surface area contributed by atoms with E-state index in [2.05, 4.69) is 18.3 Å². The lowest BCUT2D eigenvalue weighted by atomic mass is 10.1. The summed E-state index contributed by atoms with van der Waals surface area (Å²) in [5.41, 5.74) is 2.05. The Morgan fingerprint density at radius 1 is 1.53 bits per heavy atom. The zero-order valence-corrected chi connectivity index (χ0v) is 11.4. The van der Waals surface area contributed by atoms with Crippen molar-refractivity contribution in [2.75, 3.05) is 11.4 Å². The first-order valence-corrected chi connectivity index (χ1v) is 6.63. The summed E-state index contributed by atoms with van der Waals surface area (Å²) in [5, 5.41) is 12.0. The maximum Gasteiger partial charge on any atom is 0.245 e. The van der Waals surface area contributed by atoms with Crippen LogP contribution in [-0.4, -0.2) is 24.5 Å². The quantitative estimate of drug-likeness (QED) is 0.881. The van der Waals surface area contributed by atoms with Crippen LogP contribution in [0.1, 0.15) is 25.3 Å². The lowest BCUT2D eigenvalue weighted by Crippen LogP contribution is -2.46. The monoisotopic (exact) mass is 257 g/mol. The van der Waals surface area contributed by atoms with E-state index in [1.54, 1.807) is 0 Å². The Hall–Kier alpha value is -1.86. The van der Waals surface area contributed by atoms with Gasteiger partial charge in [-0.25, -0.2) is 0 Å². The first-order chi connectivity index (χ1) is 9.13. The third-order valence-corrected chi connectivity index (χ3v) is 3.50. The summed E-state index contributed by atoms with van der Waals surface area (Å²) in [5.74, 6) is -0.00264. The van der Waals surface area contributed by atoms with Crippen molar-refractivity contribution in [2.24, 2.45) is 0 Å². The number of nitrogens with one attached hydrogen (secondary N) is 1. The van der Waals surface area contributed by atoms with Gasteiger partial charge in [0.05, 0.1) is 12.5 Å². The van der Waals surface area contributed by atoms with Crippen LogP contribution in [0.25, 0.3) is 0 Å². The summed E-state index contributed by atoms with van der Waals surface area (Å²) in [6, 6.07) is 9.78. The first kappa shape index (κ1) is 13.6. The lowest BCUT2D eigenvalue weighted by molar-refractivity contribution is -0.120. The minimum atomic E-state index is -0.393. The molecule has 1 saturated heterocycles. The molecule has 1 fully saturated rings. The summed E-state index contributed by atoms with van der Waals surface area (Å²) in [6.07, 6.45) is 1.11. The maximum absolute atomic E-state index is 12.6. The predicted molar refractivity (Wildman–Crippen MR) is 74.8 cm³/mol. The number of benzene rings is 1. The van der Waals surface area contributed by atoms with E-state index in [-0.39, 0.29) is 18.4 Å². The van der Waals surface area contributed by atoms with E-state index in [0.29, 0.717) is 0 Å². The molecule has 100 valence electrons. The van der Waals surface area contributed by atoms with Crippen LogP contribution in [0.2, 0.25) is 0 Å². The van der Waals surface area contributed by atoms with Crippen LogP contribution in [0.15, 0.2) is 24.3 Å². The van der Waals surface area contributed by atoms with E-state index in [4.69, 9.17) is 5.26 Å². The van der Waals surface area contributed by atoms with Gasteiger partial charge in [-0.15, -0.1) is 0 Å². The van der Waals surface area contributed by atoms with Crippen LogP contribution >= 0.6 is 0 Å². The Morgan fingerprint density at radius 3 is 3.00 bits per heavy atom. The second-order valence-corrected chi connectivity index (χ2v) is 5.05. The summed E-state index contributed by atoms with van der Waals surface area (Å²) in [4.78, 5) is 14.4. The molecule has 0 aromatic heterocycles. The molecular weight excluding hydrogens is 238 g/mol. The van der Waals surface area contributed by atoms with E-state index in [9.17, 15) is 4.79 Å². The predicted octanol–water partition coefficient (Wildman–Crippen LogP) is 1.99. The Kier molecular flexibility index (Phi) is 4.18. The number of nitriles is 1. The van der Waals surface area contributed by atoms with Gasteiger partial charge >= 0.3 is 0 Å². The molecule has 0 spiro atoms. The number of hydrogen-bond acceptors (Lipinski definition) is 3. The van der Waals surface area contributed by atoms with Gasteiger partial charge in [0.15, 0.2) is 0 Å². The molecular formula is C15H19N3O. The van der Waals surface area contributed by atoms with Crippen molar-refractivity contribution >= 4 is 11.6 Å². The molecule has 1 N–H and O–H groups in total. The van der Waals surface area contributed by atoms with Crippen molar-refractivity contribution in [1.82, 2.24) is 5.32 Å². The highest BCUT2D eigenvalue weighted by atomic mass is 16.2. The van der Waals surface area contributed by atoms with Crippen LogP contribution in [-0.2, 0) is 4.79 Å². The highest BCUT2D eigenvalue weighted by molar-refractivity contribution is 5.98. The normalized spacial score (nSPS) is 23.8. The highest BCUT2D eigenvalue weighted by Crippen LogP contribution is 2.23. The number of carbonyl (C=O) groups is 1. The fourth-order valence-electron chi connectivity index (χ4n) is 2.48. The third-order valence-electron chi connectivity index (χ3n) is 3.50. The highest BCUT2D eigenvalue weighted by Gasteiger charge is 2.31. The van der Waals surface area contributed by atoms with Crippen molar-refractivity contribution < 1.29 is 4.79 Å². The van der Waals surface area contributed by atoms with Gasteiger partial charge in [-0.2, -0.15) is 5.26 Å². The Bertz CT molecular complexity index is 506. The fourth-order valence-corrected chi connectivity index (χ4v) is 2.48. The number of aryl methyl sites for hydroxylation is 1. The lowest BCUT2D eigenvalue weighted by Gasteiger charge is -2.29. The molecule has 0 bridgehead atoms. The van der Waals surface area contributed by atoms with Gasteiger partial charge in [0.1, 0.15) is 6.04 Å².